The van der Waals surface area contributed by atoms with Gasteiger partial charge < -0.3 is 4.42 Å². The standard InChI is InChI=1S/C44H30N4OSi/c1-3-14-32(15-4-1)50(33-16-5-2-6-17-33,34-18-11-13-31(29-34)47-28-12-27-46-47)35-22-23-36-37-24-25-41-43(38-19-7-8-20-40(38)49-41)44(37)48(39(36)30-35)42-21-9-10-26-45-42/h1-30H. The van der Waals surface area contributed by atoms with Crippen LogP contribution >= 0.6 is 0 Å². The molecule has 6 heteroatoms. The molecule has 0 aliphatic heterocycles. The van der Waals surface area contributed by atoms with Crippen molar-refractivity contribution in [1.29, 1.82) is 0 Å². The molecule has 0 bridgehead atoms. The molecule has 0 aliphatic carbocycles. The first-order chi connectivity index (χ1) is 24.8. The van der Waals surface area contributed by atoms with E-state index < -0.39 is 8.07 Å². The summed E-state index contributed by atoms with van der Waals surface area (Å²) >= 11 is 0. The number of hydrogen-bond donors (Lipinski definition) is 0. The topological polar surface area (TPSA) is 48.8 Å². The fraction of sp³-hybridized carbons (Fsp3) is 0. The molecule has 0 spiro atoms. The van der Waals surface area contributed by atoms with Gasteiger partial charge in [0.2, 0.25) is 0 Å². The van der Waals surface area contributed by atoms with Crippen molar-refractivity contribution < 1.29 is 4.42 Å². The third-order valence-corrected chi connectivity index (χ3v) is 14.8. The van der Waals surface area contributed by atoms with Crippen LogP contribution in [0.5, 0.6) is 0 Å². The first kappa shape index (κ1) is 28.5. The molecule has 4 heterocycles. The van der Waals surface area contributed by atoms with Crippen molar-refractivity contribution in [3.8, 4) is 11.5 Å². The highest BCUT2D eigenvalue weighted by Gasteiger charge is 2.42. The summed E-state index contributed by atoms with van der Waals surface area (Å²) in [6, 6.07) is 58.9. The molecule has 236 valence electrons. The number of para-hydroxylation sites is 1. The fourth-order valence-electron chi connectivity index (χ4n) is 7.95. The monoisotopic (exact) mass is 658 g/mol. The second-order valence-corrected chi connectivity index (χ2v) is 16.5. The molecule has 0 atom stereocenters. The van der Waals surface area contributed by atoms with Crippen LogP contribution in [0.2, 0.25) is 0 Å². The van der Waals surface area contributed by atoms with Crippen LogP contribution in [0.3, 0.4) is 0 Å². The van der Waals surface area contributed by atoms with E-state index >= 15 is 0 Å². The Balaban J connectivity index is 1.36. The van der Waals surface area contributed by atoms with Gasteiger partial charge >= 0.3 is 0 Å². The van der Waals surface area contributed by atoms with Crippen molar-refractivity contribution in [2.45, 2.75) is 0 Å². The Kier molecular flexibility index (Phi) is 6.44. The highest BCUT2D eigenvalue weighted by molar-refractivity contribution is 7.20. The molecule has 0 saturated carbocycles. The van der Waals surface area contributed by atoms with Crippen LogP contribution in [-0.4, -0.2) is 27.4 Å². The number of aromatic nitrogens is 4. The molecule has 0 saturated heterocycles. The van der Waals surface area contributed by atoms with E-state index in [1.165, 1.54) is 31.5 Å². The zero-order chi connectivity index (χ0) is 33.1. The summed E-state index contributed by atoms with van der Waals surface area (Å²) in [6.45, 7) is 0. The minimum absolute atomic E-state index is 0.867. The lowest BCUT2D eigenvalue weighted by Crippen LogP contribution is -2.74. The Morgan fingerprint density at radius 2 is 1.22 bits per heavy atom. The second-order valence-electron chi connectivity index (χ2n) is 12.7. The number of pyridine rings is 1. The predicted molar refractivity (Wildman–Crippen MR) is 207 cm³/mol. The summed E-state index contributed by atoms with van der Waals surface area (Å²) in [5.41, 5.74) is 5.00. The fourth-order valence-corrected chi connectivity index (χ4v) is 12.7. The average molecular weight is 659 g/mol. The van der Waals surface area contributed by atoms with Gasteiger partial charge in [0, 0.05) is 34.7 Å². The molecule has 10 aromatic rings. The van der Waals surface area contributed by atoms with Crippen LogP contribution < -0.4 is 20.7 Å². The zero-order valence-electron chi connectivity index (χ0n) is 27.0. The number of furan rings is 1. The Bertz CT molecular complexity index is 2770. The summed E-state index contributed by atoms with van der Waals surface area (Å²) in [5, 5.41) is 14.3. The molecule has 4 aromatic heterocycles. The molecule has 0 N–H and O–H groups in total. The van der Waals surface area contributed by atoms with Crippen molar-refractivity contribution in [3.05, 3.63) is 182 Å². The van der Waals surface area contributed by atoms with Gasteiger partial charge in [-0.05, 0) is 75.3 Å². The van der Waals surface area contributed by atoms with Crippen molar-refractivity contribution in [2.75, 3.05) is 0 Å². The van der Waals surface area contributed by atoms with E-state index in [9.17, 15) is 0 Å². The minimum atomic E-state index is -2.91. The number of hydrogen-bond acceptors (Lipinski definition) is 3. The lowest BCUT2D eigenvalue weighted by atomic mass is 10.1. The lowest BCUT2D eigenvalue weighted by molar-refractivity contribution is 0.669. The normalized spacial score (nSPS) is 12.0. The molecule has 0 aliphatic rings. The summed E-state index contributed by atoms with van der Waals surface area (Å²) < 4.78 is 10.7. The molecule has 10 rings (SSSR count). The Labute approximate surface area is 289 Å². The Morgan fingerprint density at radius 3 is 1.98 bits per heavy atom. The van der Waals surface area contributed by atoms with Gasteiger partial charge in [-0.15, -0.1) is 0 Å². The maximum Gasteiger partial charge on any atom is 0.179 e. The highest BCUT2D eigenvalue weighted by atomic mass is 28.3. The summed E-state index contributed by atoms with van der Waals surface area (Å²) in [6.07, 6.45) is 5.71. The van der Waals surface area contributed by atoms with Crippen LogP contribution in [0.1, 0.15) is 0 Å². The second kappa shape index (κ2) is 11.3. The van der Waals surface area contributed by atoms with Crippen LogP contribution in [0, 0.1) is 0 Å². The Morgan fingerprint density at radius 1 is 0.500 bits per heavy atom. The average Bonchev–Trinajstić information content (AvgIpc) is 3.93. The maximum atomic E-state index is 6.41. The van der Waals surface area contributed by atoms with Crippen LogP contribution in [0.25, 0.3) is 55.2 Å². The van der Waals surface area contributed by atoms with Gasteiger partial charge in [-0.25, -0.2) is 9.67 Å². The van der Waals surface area contributed by atoms with Crippen molar-refractivity contribution >= 4 is 72.6 Å². The largest absolute Gasteiger partial charge is 0.456 e. The third kappa shape index (κ3) is 4.19. The molecule has 0 amide bonds. The van der Waals surface area contributed by atoms with E-state index in [4.69, 9.17) is 9.40 Å². The van der Waals surface area contributed by atoms with Gasteiger partial charge in [0.1, 0.15) is 17.0 Å². The number of nitrogens with zero attached hydrogens (tertiary/aromatic N) is 4. The molecule has 5 nitrogen and oxygen atoms in total. The van der Waals surface area contributed by atoms with E-state index in [0.717, 1.165) is 44.5 Å². The van der Waals surface area contributed by atoms with Gasteiger partial charge in [-0.3, -0.25) is 4.57 Å². The van der Waals surface area contributed by atoms with Gasteiger partial charge in [0.05, 0.1) is 22.1 Å². The number of benzene rings is 6. The molecular formula is C44H30N4OSi. The molecule has 0 radical (unpaired) electrons. The smallest absolute Gasteiger partial charge is 0.179 e. The summed E-state index contributed by atoms with van der Waals surface area (Å²) in [4.78, 5) is 4.93. The van der Waals surface area contributed by atoms with E-state index in [2.05, 4.69) is 149 Å². The minimum Gasteiger partial charge on any atom is -0.456 e. The van der Waals surface area contributed by atoms with Crippen LogP contribution in [0.4, 0.5) is 0 Å². The van der Waals surface area contributed by atoms with E-state index in [-0.39, 0.29) is 0 Å². The van der Waals surface area contributed by atoms with Crippen molar-refractivity contribution in [2.24, 2.45) is 0 Å². The highest BCUT2D eigenvalue weighted by Crippen LogP contribution is 2.40. The maximum absolute atomic E-state index is 6.41. The SMILES string of the molecule is c1ccc([Si](c2ccccc2)(c2cccc(-n3cccn3)c2)c2ccc3c4ccc5oc6ccccc6c5c4n(-c4ccccn4)c3c2)cc1. The quantitative estimate of drug-likeness (QED) is 0.136. The summed E-state index contributed by atoms with van der Waals surface area (Å²) in [5.74, 6) is 0.870. The van der Waals surface area contributed by atoms with Gasteiger partial charge in [0.15, 0.2) is 8.07 Å². The number of fused-ring (bicyclic) bond motifs is 7. The van der Waals surface area contributed by atoms with Gasteiger partial charge in [-0.1, -0.05) is 109 Å². The van der Waals surface area contributed by atoms with E-state index in [0.29, 0.717) is 0 Å². The zero-order valence-corrected chi connectivity index (χ0v) is 28.0. The van der Waals surface area contributed by atoms with Crippen molar-refractivity contribution in [3.63, 3.8) is 0 Å². The van der Waals surface area contributed by atoms with Crippen LogP contribution in [0.15, 0.2) is 187 Å². The first-order valence-electron chi connectivity index (χ1n) is 16.8. The van der Waals surface area contributed by atoms with Gasteiger partial charge in [0.25, 0.3) is 0 Å². The molecule has 0 unspecified atom stereocenters. The molecule has 50 heavy (non-hydrogen) atoms. The third-order valence-electron chi connectivity index (χ3n) is 10.0. The summed E-state index contributed by atoms with van der Waals surface area (Å²) in [7, 11) is -2.91. The lowest BCUT2D eigenvalue weighted by Gasteiger charge is -2.34. The van der Waals surface area contributed by atoms with Gasteiger partial charge in [-0.2, -0.15) is 5.10 Å². The molecule has 0 fully saturated rings. The predicted octanol–water partition coefficient (Wildman–Crippen LogP) is 7.64. The van der Waals surface area contributed by atoms with E-state index in [1.54, 1.807) is 0 Å². The first-order valence-corrected chi connectivity index (χ1v) is 18.8. The van der Waals surface area contributed by atoms with Crippen LogP contribution in [-0.2, 0) is 0 Å². The van der Waals surface area contributed by atoms with Crippen molar-refractivity contribution in [1.82, 2.24) is 19.3 Å². The molecule has 6 aromatic carbocycles. The Hall–Kier alpha value is -6.50. The van der Waals surface area contributed by atoms with E-state index in [1.807, 2.05) is 47.5 Å². The molecular weight excluding hydrogens is 629 g/mol. The number of rotatable bonds is 6.